The first kappa shape index (κ1) is 16.6. The maximum absolute atomic E-state index is 12.1. The summed E-state index contributed by atoms with van der Waals surface area (Å²) in [5.74, 6) is 0.318. The number of para-hydroxylation sites is 1. The normalized spacial score (nSPS) is 10.8. The van der Waals surface area contributed by atoms with E-state index < -0.39 is 17.0 Å². The summed E-state index contributed by atoms with van der Waals surface area (Å²) in [4.78, 5) is 35.0. The van der Waals surface area contributed by atoms with Gasteiger partial charge in [0.25, 0.3) is 11.1 Å². The molecule has 4 rings (SSSR count). The molecule has 0 aliphatic heterocycles. The lowest BCUT2D eigenvalue weighted by atomic mass is 10.1. The lowest BCUT2D eigenvalue weighted by Crippen LogP contribution is -2.32. The maximum atomic E-state index is 12.1. The molecule has 4 aromatic rings. The van der Waals surface area contributed by atoms with Crippen LogP contribution in [0.25, 0.3) is 22.3 Å². The molecule has 7 nitrogen and oxygen atoms in total. The number of aromatic nitrogens is 2. The van der Waals surface area contributed by atoms with Gasteiger partial charge in [0.05, 0.1) is 0 Å². The molecule has 2 aromatic heterocycles. The van der Waals surface area contributed by atoms with Crippen LogP contribution < -0.4 is 16.4 Å². The van der Waals surface area contributed by atoms with Crippen LogP contribution in [0.15, 0.2) is 80.7 Å². The summed E-state index contributed by atoms with van der Waals surface area (Å²) in [5.41, 5.74) is 1.37. The SMILES string of the molecule is O=C(Cn1[nH]c(=O)ccc1=O)Nc1ccc(-c2cc3ccccc3o2)cc1. The summed E-state index contributed by atoms with van der Waals surface area (Å²) in [5, 5.41) is 6.02. The number of H-pyrrole nitrogens is 1. The van der Waals surface area contributed by atoms with Crippen molar-refractivity contribution < 1.29 is 9.21 Å². The number of benzene rings is 2. The molecule has 1 amide bonds. The van der Waals surface area contributed by atoms with Gasteiger partial charge in [0.2, 0.25) is 5.91 Å². The summed E-state index contributed by atoms with van der Waals surface area (Å²) in [7, 11) is 0. The zero-order valence-electron chi connectivity index (χ0n) is 14.1. The zero-order valence-corrected chi connectivity index (χ0v) is 14.1. The van der Waals surface area contributed by atoms with Crippen molar-refractivity contribution in [1.29, 1.82) is 0 Å². The van der Waals surface area contributed by atoms with Crippen LogP contribution in [-0.2, 0) is 11.3 Å². The van der Waals surface area contributed by atoms with Crippen LogP contribution in [0.3, 0.4) is 0 Å². The van der Waals surface area contributed by atoms with Gasteiger partial charge in [0.15, 0.2) is 0 Å². The van der Waals surface area contributed by atoms with Crippen molar-refractivity contribution >= 4 is 22.6 Å². The highest BCUT2D eigenvalue weighted by atomic mass is 16.3. The van der Waals surface area contributed by atoms with Crippen LogP contribution >= 0.6 is 0 Å². The number of rotatable bonds is 4. The molecular formula is C20H15N3O4. The number of nitrogens with zero attached hydrogens (tertiary/aromatic N) is 1. The van der Waals surface area contributed by atoms with Gasteiger partial charge in [-0.05, 0) is 36.4 Å². The number of hydrogen-bond acceptors (Lipinski definition) is 4. The predicted molar refractivity (Wildman–Crippen MR) is 102 cm³/mol. The average molecular weight is 361 g/mol. The van der Waals surface area contributed by atoms with Crippen LogP contribution in [0.4, 0.5) is 5.69 Å². The van der Waals surface area contributed by atoms with Crippen LogP contribution in [0, 0.1) is 0 Å². The first-order chi connectivity index (χ1) is 13.1. The van der Waals surface area contributed by atoms with Gasteiger partial charge >= 0.3 is 0 Å². The lowest BCUT2D eigenvalue weighted by molar-refractivity contribution is -0.117. The van der Waals surface area contributed by atoms with Crippen LogP contribution in [0.5, 0.6) is 0 Å². The molecule has 0 saturated carbocycles. The minimum absolute atomic E-state index is 0.278. The zero-order chi connectivity index (χ0) is 18.8. The van der Waals surface area contributed by atoms with Crippen molar-refractivity contribution in [3.63, 3.8) is 0 Å². The number of hydrogen-bond donors (Lipinski definition) is 2. The molecule has 2 heterocycles. The summed E-state index contributed by atoms with van der Waals surface area (Å²) in [6, 6.07) is 19.1. The molecule has 0 atom stereocenters. The van der Waals surface area contributed by atoms with E-state index in [0.29, 0.717) is 5.69 Å². The number of aromatic amines is 1. The summed E-state index contributed by atoms with van der Waals surface area (Å²) >= 11 is 0. The van der Waals surface area contributed by atoms with E-state index in [2.05, 4.69) is 10.4 Å². The molecule has 0 bridgehead atoms. The second kappa shape index (κ2) is 6.80. The number of nitrogens with one attached hydrogen (secondary N) is 2. The Morgan fingerprint density at radius 3 is 2.56 bits per heavy atom. The van der Waals surface area contributed by atoms with E-state index in [0.717, 1.165) is 39.1 Å². The quantitative estimate of drug-likeness (QED) is 0.584. The van der Waals surface area contributed by atoms with Crippen LogP contribution in [-0.4, -0.2) is 15.7 Å². The minimum Gasteiger partial charge on any atom is -0.456 e. The molecule has 27 heavy (non-hydrogen) atoms. The number of carbonyl (C=O) groups excluding carboxylic acids is 1. The number of furan rings is 1. The molecule has 2 aromatic carbocycles. The van der Waals surface area contributed by atoms with Gasteiger partial charge in [-0.1, -0.05) is 18.2 Å². The fraction of sp³-hybridized carbons (Fsp3) is 0.0500. The van der Waals surface area contributed by atoms with Crippen molar-refractivity contribution in [2.24, 2.45) is 0 Å². The van der Waals surface area contributed by atoms with Gasteiger partial charge in [-0.2, -0.15) is 0 Å². The molecule has 0 aliphatic carbocycles. The lowest BCUT2D eigenvalue weighted by Gasteiger charge is -2.07. The molecule has 134 valence electrons. The third-order valence-electron chi connectivity index (χ3n) is 4.07. The molecule has 0 saturated heterocycles. The fourth-order valence-corrected chi connectivity index (χ4v) is 2.77. The van der Waals surface area contributed by atoms with Crippen molar-refractivity contribution in [1.82, 2.24) is 9.78 Å². The topological polar surface area (TPSA) is 97.1 Å². The molecule has 7 heteroatoms. The molecule has 0 fully saturated rings. The van der Waals surface area contributed by atoms with E-state index in [4.69, 9.17) is 4.42 Å². The van der Waals surface area contributed by atoms with Gasteiger partial charge in [0.1, 0.15) is 17.9 Å². The molecule has 2 N–H and O–H groups in total. The van der Waals surface area contributed by atoms with Crippen molar-refractivity contribution in [3.05, 3.63) is 87.4 Å². The molecule has 0 unspecified atom stereocenters. The number of amides is 1. The largest absolute Gasteiger partial charge is 0.456 e. The summed E-state index contributed by atoms with van der Waals surface area (Å²) in [6.07, 6.45) is 0. The van der Waals surface area contributed by atoms with E-state index in [1.807, 2.05) is 42.5 Å². The first-order valence-corrected chi connectivity index (χ1v) is 8.27. The third-order valence-corrected chi connectivity index (χ3v) is 4.07. The average Bonchev–Trinajstić information content (AvgIpc) is 3.09. The van der Waals surface area contributed by atoms with Crippen molar-refractivity contribution in [2.45, 2.75) is 6.54 Å². The maximum Gasteiger partial charge on any atom is 0.265 e. The standard InChI is InChI=1S/C20H15N3O4/c24-18-9-10-20(26)23(22-18)12-19(25)21-15-7-5-13(6-8-15)17-11-14-3-1-2-4-16(14)27-17/h1-11H,12H2,(H,21,25)(H,22,24). The Balaban J connectivity index is 1.49. The van der Waals surface area contributed by atoms with Crippen molar-refractivity contribution in [3.8, 4) is 11.3 Å². The number of carbonyl (C=O) groups is 1. The summed E-state index contributed by atoms with van der Waals surface area (Å²) in [6.45, 7) is -0.278. The molecule has 0 radical (unpaired) electrons. The van der Waals surface area contributed by atoms with E-state index >= 15 is 0 Å². The summed E-state index contributed by atoms with van der Waals surface area (Å²) < 4.78 is 6.78. The highest BCUT2D eigenvalue weighted by Gasteiger charge is 2.08. The van der Waals surface area contributed by atoms with E-state index in [-0.39, 0.29) is 6.54 Å². The second-order valence-electron chi connectivity index (χ2n) is 6.01. The van der Waals surface area contributed by atoms with Gasteiger partial charge in [-0.15, -0.1) is 0 Å². The fourth-order valence-electron chi connectivity index (χ4n) is 2.77. The Labute approximate surface area is 152 Å². The van der Waals surface area contributed by atoms with Crippen LogP contribution in [0.2, 0.25) is 0 Å². The predicted octanol–water partition coefficient (Wildman–Crippen LogP) is 2.59. The second-order valence-corrected chi connectivity index (χ2v) is 6.01. The minimum atomic E-state index is -0.454. The molecule has 0 spiro atoms. The van der Waals surface area contributed by atoms with Crippen LogP contribution in [0.1, 0.15) is 0 Å². The highest BCUT2D eigenvalue weighted by Crippen LogP contribution is 2.28. The smallest absolute Gasteiger partial charge is 0.265 e. The van der Waals surface area contributed by atoms with Gasteiger partial charge in [0, 0.05) is 28.8 Å². The highest BCUT2D eigenvalue weighted by molar-refractivity contribution is 5.91. The monoisotopic (exact) mass is 361 g/mol. The third kappa shape index (κ3) is 3.57. The van der Waals surface area contributed by atoms with E-state index in [9.17, 15) is 14.4 Å². The van der Waals surface area contributed by atoms with E-state index in [1.54, 1.807) is 12.1 Å². The van der Waals surface area contributed by atoms with Gasteiger partial charge < -0.3 is 9.73 Å². The van der Waals surface area contributed by atoms with Gasteiger partial charge in [-0.25, -0.2) is 4.68 Å². The Morgan fingerprint density at radius 2 is 1.78 bits per heavy atom. The number of fused-ring (bicyclic) bond motifs is 1. The Hall–Kier alpha value is -3.87. The van der Waals surface area contributed by atoms with Crippen molar-refractivity contribution in [2.75, 3.05) is 5.32 Å². The Morgan fingerprint density at radius 1 is 1.00 bits per heavy atom. The molecular weight excluding hydrogens is 346 g/mol. The first-order valence-electron chi connectivity index (χ1n) is 8.27. The van der Waals surface area contributed by atoms with Gasteiger partial charge in [-0.3, -0.25) is 19.5 Å². The molecule has 0 aliphatic rings. The Kier molecular flexibility index (Phi) is 4.18. The Bertz CT molecular complexity index is 1200. The number of anilines is 1. The van der Waals surface area contributed by atoms with E-state index in [1.165, 1.54) is 0 Å².